The molecule has 9 aromatic rings. The zero-order valence-electron chi connectivity index (χ0n) is 79.4. The van der Waals surface area contributed by atoms with Crippen LogP contribution in [-0.4, -0.2) is 0 Å². The highest BCUT2D eigenvalue weighted by Crippen LogP contribution is 2.62. The lowest BCUT2D eigenvalue weighted by molar-refractivity contribution is 0.397. The molecule has 0 saturated carbocycles. The number of fused-ring (bicyclic) bond motifs is 12. The Morgan fingerprint density at radius 1 is 0.154 bits per heavy atom. The summed E-state index contributed by atoms with van der Waals surface area (Å²) in [6.07, 6.45) is 73.0. The molecule has 0 spiro atoms. The molecule has 4 aliphatic rings. The summed E-state index contributed by atoms with van der Waals surface area (Å²) in [5.74, 6) is 0. The molecule has 660 valence electrons. The van der Waals surface area contributed by atoms with Gasteiger partial charge in [-0.15, -0.1) is 0 Å². The summed E-state index contributed by atoms with van der Waals surface area (Å²) in [7, 11) is 0. The summed E-state index contributed by atoms with van der Waals surface area (Å²) in [5.41, 5.74) is 34.0. The van der Waals surface area contributed by atoms with Crippen molar-refractivity contribution in [3.05, 3.63) is 233 Å². The molecule has 0 N–H and O–H groups in total. The maximum Gasteiger partial charge on any atom is 0.0465 e. The molecule has 0 atom stereocenters. The van der Waals surface area contributed by atoms with Crippen LogP contribution in [0.5, 0.6) is 0 Å². The van der Waals surface area contributed by atoms with Crippen LogP contribution in [0, 0.1) is 0 Å². The van der Waals surface area contributed by atoms with Crippen LogP contribution in [0.25, 0.3) is 66.8 Å². The Morgan fingerprint density at radius 2 is 0.341 bits per heavy atom. The first-order chi connectivity index (χ1) is 60.7. The Kier molecular flexibility index (Phi) is 36.5. The van der Waals surface area contributed by atoms with Crippen LogP contribution < -0.4 is 4.90 Å². The largest absolute Gasteiger partial charge is 0.310 e. The molecule has 0 bridgehead atoms. The lowest BCUT2D eigenvalue weighted by atomic mass is 9.69. The first-order valence-corrected chi connectivity index (χ1v) is 52.6. The molecule has 0 radical (unpaired) electrons. The normalized spacial score (nSPS) is 14.3. The highest BCUT2D eigenvalue weighted by molar-refractivity contribution is 5.92. The average molecular weight is 1650 g/mol. The summed E-state index contributed by atoms with van der Waals surface area (Å²) in [6.45, 7) is 19.0. The molecule has 0 saturated heterocycles. The molecular weight excluding hydrogens is 1480 g/mol. The second-order valence-electron chi connectivity index (χ2n) is 39.7. The van der Waals surface area contributed by atoms with Gasteiger partial charge >= 0.3 is 0 Å². The first-order valence-electron chi connectivity index (χ1n) is 52.6. The van der Waals surface area contributed by atoms with Gasteiger partial charge in [0, 0.05) is 38.7 Å². The highest BCUT2D eigenvalue weighted by Gasteiger charge is 2.48. The summed E-state index contributed by atoms with van der Waals surface area (Å²) >= 11 is 0. The van der Waals surface area contributed by atoms with Gasteiger partial charge in [0.05, 0.1) is 0 Å². The Bertz CT molecular complexity index is 4310. The lowest BCUT2D eigenvalue weighted by Gasteiger charge is -2.35. The third kappa shape index (κ3) is 22.1. The van der Waals surface area contributed by atoms with E-state index in [0.29, 0.717) is 0 Å². The van der Waals surface area contributed by atoms with E-state index < -0.39 is 0 Å². The van der Waals surface area contributed by atoms with Crippen molar-refractivity contribution in [3.8, 4) is 66.8 Å². The zero-order valence-corrected chi connectivity index (χ0v) is 79.4. The molecule has 0 unspecified atom stereocenters. The molecule has 1 nitrogen and oxygen atoms in total. The van der Waals surface area contributed by atoms with Crippen LogP contribution in [0.2, 0.25) is 0 Å². The number of rotatable bonds is 61. The van der Waals surface area contributed by atoms with Gasteiger partial charge in [-0.2, -0.15) is 0 Å². The Hall–Kier alpha value is -7.22. The summed E-state index contributed by atoms with van der Waals surface area (Å²) in [4.78, 5) is 2.72. The van der Waals surface area contributed by atoms with E-state index in [0.717, 1.165) is 0 Å². The third-order valence-electron chi connectivity index (χ3n) is 31.1. The molecule has 9 aromatic carbocycles. The second-order valence-corrected chi connectivity index (χ2v) is 39.7. The van der Waals surface area contributed by atoms with E-state index in [9.17, 15) is 0 Å². The fraction of sp³-hybridized carbons (Fsp3) is 0.557. The van der Waals surface area contributed by atoms with Gasteiger partial charge in [0.2, 0.25) is 0 Å². The molecule has 123 heavy (non-hydrogen) atoms. The zero-order chi connectivity index (χ0) is 85.4. The monoisotopic (exact) mass is 1650 g/mol. The predicted octanol–water partition coefficient (Wildman–Crippen LogP) is 39.6. The molecular formula is C122H167N. The number of benzene rings is 9. The van der Waals surface area contributed by atoms with Gasteiger partial charge < -0.3 is 4.90 Å². The van der Waals surface area contributed by atoms with Gasteiger partial charge in [-0.3, -0.25) is 0 Å². The fourth-order valence-corrected chi connectivity index (χ4v) is 24.2. The highest BCUT2D eigenvalue weighted by atomic mass is 15.1. The third-order valence-corrected chi connectivity index (χ3v) is 31.1. The Balaban J connectivity index is 0.930. The molecule has 0 amide bonds. The maximum atomic E-state index is 2.78. The second kappa shape index (κ2) is 48.1. The van der Waals surface area contributed by atoms with Gasteiger partial charge in [-0.25, -0.2) is 0 Å². The van der Waals surface area contributed by atoms with Crippen LogP contribution in [-0.2, 0) is 21.7 Å². The topological polar surface area (TPSA) is 3.24 Å². The van der Waals surface area contributed by atoms with Crippen molar-refractivity contribution in [2.24, 2.45) is 0 Å². The molecule has 1 heteroatoms. The van der Waals surface area contributed by atoms with Crippen LogP contribution in [0.4, 0.5) is 17.1 Å². The number of hydrogen-bond donors (Lipinski definition) is 0. The van der Waals surface area contributed by atoms with Crippen molar-refractivity contribution in [1.82, 2.24) is 0 Å². The summed E-state index contributed by atoms with van der Waals surface area (Å²) in [5, 5.41) is 0. The minimum Gasteiger partial charge on any atom is -0.310 e. The van der Waals surface area contributed by atoms with Crippen LogP contribution in [0.15, 0.2) is 188 Å². The van der Waals surface area contributed by atoms with Crippen molar-refractivity contribution in [1.29, 1.82) is 0 Å². The molecule has 0 aromatic heterocycles. The molecule has 0 aliphatic heterocycles. The summed E-state index contributed by atoms with van der Waals surface area (Å²) < 4.78 is 0. The predicted molar refractivity (Wildman–Crippen MR) is 541 cm³/mol. The van der Waals surface area contributed by atoms with Gasteiger partial charge in [0.25, 0.3) is 0 Å². The molecule has 13 rings (SSSR count). The molecule has 0 heterocycles. The smallest absolute Gasteiger partial charge is 0.0465 e. The standard InChI is InChI=1S/C122H167N/c1-9-17-25-33-41-56-82-119(83-57-42-34-26-18-10-2)111-68-54-52-66-103(111)105-76-70-96(90-113(105)119)98-72-78-107-109-80-74-101(94-117(109)121(115(107)92-98,86-60-45-37-29-21-13-5)87-61-46-38-30-22-14-6)123(100-64-50-49-51-65-100)102-75-81-110-108-79-73-99(93-116(108)122(118(110)95-102,88-62-47-39-31-23-15-7)89-63-48-40-32-24-16-8)97-71-77-106-104-67-53-55-69-112(104)120(114(106)91-97,84-58-43-35-27-19-11-3)85-59-44-36-28-20-12-4/h49-55,64-81,90-95H,9-48,56-63,82-89H2,1-8H3. The quantitative estimate of drug-likeness (QED) is 0.0344. The van der Waals surface area contributed by atoms with Crippen molar-refractivity contribution < 1.29 is 0 Å². The van der Waals surface area contributed by atoms with Crippen LogP contribution >= 0.6 is 0 Å². The average Bonchev–Trinajstić information content (AvgIpc) is 1.57. The van der Waals surface area contributed by atoms with Crippen molar-refractivity contribution in [2.45, 2.75) is 437 Å². The van der Waals surface area contributed by atoms with E-state index >= 15 is 0 Å². The molecule has 0 fully saturated rings. The van der Waals surface area contributed by atoms with Crippen molar-refractivity contribution in [2.75, 3.05) is 4.90 Å². The number of para-hydroxylation sites is 1. The fourth-order valence-electron chi connectivity index (χ4n) is 24.2. The van der Waals surface area contributed by atoms with E-state index in [1.165, 1.54) is 443 Å². The summed E-state index contributed by atoms with van der Waals surface area (Å²) in [6, 6.07) is 78.7. The first kappa shape index (κ1) is 93.4. The van der Waals surface area contributed by atoms with Crippen LogP contribution in [0.3, 0.4) is 0 Å². The van der Waals surface area contributed by atoms with E-state index in [1.54, 1.807) is 44.5 Å². The minimum absolute atomic E-state index is 0.0332. The number of nitrogens with zero attached hydrogens (tertiary/aromatic N) is 1. The lowest BCUT2D eigenvalue weighted by Crippen LogP contribution is -2.26. The van der Waals surface area contributed by atoms with Crippen molar-refractivity contribution in [3.63, 3.8) is 0 Å². The van der Waals surface area contributed by atoms with E-state index in [2.05, 4.69) is 248 Å². The SMILES string of the molecule is CCCCCCCCC1(CCCCCCCC)c2ccccc2-c2ccc(-c3ccc4c(c3)C(CCCCCCCC)(CCCCCCCC)c3cc(N(c5ccccc5)c5ccc6c(c5)C(CCCCCCCC)(CCCCCCCC)c5cc(-c7ccc8c(c7)C(CCCCCCCC)(CCCCCCCC)c7ccccc7-8)ccc5-6)ccc3-4)cc21. The van der Waals surface area contributed by atoms with E-state index in [1.807, 2.05) is 0 Å². The van der Waals surface area contributed by atoms with Gasteiger partial charge in [0.1, 0.15) is 0 Å². The van der Waals surface area contributed by atoms with Crippen molar-refractivity contribution >= 4 is 17.1 Å². The number of hydrogen-bond acceptors (Lipinski definition) is 1. The Morgan fingerprint density at radius 3 is 0.585 bits per heavy atom. The van der Waals surface area contributed by atoms with E-state index in [-0.39, 0.29) is 21.7 Å². The maximum absolute atomic E-state index is 2.78. The number of unbranched alkanes of at least 4 members (excludes halogenated alkanes) is 40. The van der Waals surface area contributed by atoms with E-state index in [4.69, 9.17) is 0 Å². The number of anilines is 3. The molecule has 4 aliphatic carbocycles. The van der Waals surface area contributed by atoms with Crippen LogP contribution in [0.1, 0.15) is 459 Å². The van der Waals surface area contributed by atoms with Gasteiger partial charge in [0.15, 0.2) is 0 Å². The van der Waals surface area contributed by atoms with Gasteiger partial charge in [-0.05, 0) is 223 Å². The Labute approximate surface area is 752 Å². The minimum atomic E-state index is -0.131. The van der Waals surface area contributed by atoms with Gasteiger partial charge in [-0.1, -0.05) is 491 Å².